The standard InChI is InChI=1S/C52H90N4O6/c1-7-11-15-19-23-27-37-59-45-31-33-47(49(41-45)61-39-29-25-21-17-13-9-3)55-51(57)43(5)53-35-36-54-44(6)52(58)56-48-34-32-46(60-38-28-24-20-16-12-8-2)42-50(48)62-40-30-26-22-18-14-10-4/h31-34,41-44,53-54H,7-30,35-40H2,1-6H3,(H,55,57)(H,56,58)/t43-,44-/m0/s1. The maximum atomic E-state index is 13.4. The van der Waals surface area contributed by atoms with Gasteiger partial charge in [0.15, 0.2) is 0 Å². The molecule has 0 saturated heterocycles. The lowest BCUT2D eigenvalue weighted by Gasteiger charge is -2.19. The average Bonchev–Trinajstić information content (AvgIpc) is 3.27. The third-order valence-corrected chi connectivity index (χ3v) is 11.3. The molecule has 2 amide bonds. The minimum absolute atomic E-state index is 0.158. The van der Waals surface area contributed by atoms with Crippen molar-refractivity contribution in [1.29, 1.82) is 0 Å². The molecule has 0 fully saturated rings. The Morgan fingerprint density at radius 3 is 1.03 bits per heavy atom. The Balaban J connectivity index is 1.89. The highest BCUT2D eigenvalue weighted by molar-refractivity contribution is 5.96. The summed E-state index contributed by atoms with van der Waals surface area (Å²) >= 11 is 0. The first-order chi connectivity index (χ1) is 30.3. The first-order valence-corrected chi connectivity index (χ1v) is 25.2. The number of benzene rings is 2. The van der Waals surface area contributed by atoms with E-state index in [0.29, 0.717) is 62.4 Å². The topological polar surface area (TPSA) is 119 Å². The summed E-state index contributed by atoms with van der Waals surface area (Å²) in [6.45, 7) is 16.1. The van der Waals surface area contributed by atoms with Gasteiger partial charge in [-0.15, -0.1) is 0 Å². The van der Waals surface area contributed by atoms with Gasteiger partial charge in [0.2, 0.25) is 11.8 Å². The Morgan fingerprint density at radius 1 is 0.419 bits per heavy atom. The van der Waals surface area contributed by atoms with Crippen LogP contribution in [0.5, 0.6) is 23.0 Å². The van der Waals surface area contributed by atoms with Crippen LogP contribution in [0.4, 0.5) is 11.4 Å². The zero-order valence-corrected chi connectivity index (χ0v) is 40.3. The van der Waals surface area contributed by atoms with Gasteiger partial charge in [-0.05, 0) is 63.8 Å². The number of rotatable bonds is 41. The average molecular weight is 867 g/mol. The van der Waals surface area contributed by atoms with Crippen LogP contribution < -0.4 is 40.2 Å². The van der Waals surface area contributed by atoms with Gasteiger partial charge in [-0.1, -0.05) is 156 Å². The van der Waals surface area contributed by atoms with Crippen molar-refractivity contribution >= 4 is 23.2 Å². The van der Waals surface area contributed by atoms with Gasteiger partial charge in [-0.3, -0.25) is 9.59 Å². The number of hydrogen-bond acceptors (Lipinski definition) is 8. The van der Waals surface area contributed by atoms with Gasteiger partial charge < -0.3 is 40.2 Å². The van der Waals surface area contributed by atoms with Crippen molar-refractivity contribution in [3.8, 4) is 23.0 Å². The highest BCUT2D eigenvalue weighted by Crippen LogP contribution is 2.32. The Kier molecular flexibility index (Phi) is 32.5. The third-order valence-electron chi connectivity index (χ3n) is 11.3. The predicted octanol–water partition coefficient (Wildman–Crippen LogP) is 13.2. The van der Waals surface area contributed by atoms with E-state index in [1.54, 1.807) is 0 Å². The molecule has 2 aromatic carbocycles. The molecule has 2 atom stereocenters. The summed E-state index contributed by atoms with van der Waals surface area (Å²) in [5, 5.41) is 12.7. The molecule has 2 aromatic rings. The molecule has 2 rings (SSSR count). The molecule has 10 heteroatoms. The van der Waals surface area contributed by atoms with Crippen LogP contribution in [0, 0.1) is 0 Å². The smallest absolute Gasteiger partial charge is 0.241 e. The minimum Gasteiger partial charge on any atom is -0.493 e. The molecule has 0 heterocycles. The maximum absolute atomic E-state index is 13.4. The van der Waals surface area contributed by atoms with E-state index in [2.05, 4.69) is 49.0 Å². The lowest BCUT2D eigenvalue weighted by molar-refractivity contribution is -0.118. The normalized spacial score (nSPS) is 12.2. The third kappa shape index (κ3) is 26.2. The summed E-state index contributed by atoms with van der Waals surface area (Å²) in [6.07, 6.45) is 28.6. The van der Waals surface area contributed by atoms with E-state index in [1.165, 1.54) is 116 Å². The molecule has 0 aliphatic carbocycles. The maximum Gasteiger partial charge on any atom is 0.241 e. The minimum atomic E-state index is -0.468. The van der Waals surface area contributed by atoms with Crippen molar-refractivity contribution in [2.24, 2.45) is 0 Å². The molecule has 0 aliphatic rings. The monoisotopic (exact) mass is 867 g/mol. The molecule has 62 heavy (non-hydrogen) atoms. The van der Waals surface area contributed by atoms with Crippen molar-refractivity contribution < 1.29 is 28.5 Å². The Hall–Kier alpha value is -3.50. The van der Waals surface area contributed by atoms with Crippen LogP contribution in [0.3, 0.4) is 0 Å². The van der Waals surface area contributed by atoms with E-state index in [0.717, 1.165) is 50.0 Å². The molecule has 0 radical (unpaired) electrons. The highest BCUT2D eigenvalue weighted by atomic mass is 16.5. The van der Waals surface area contributed by atoms with Crippen LogP contribution in [0.1, 0.15) is 196 Å². The highest BCUT2D eigenvalue weighted by Gasteiger charge is 2.18. The van der Waals surface area contributed by atoms with E-state index in [9.17, 15) is 9.59 Å². The SMILES string of the molecule is CCCCCCCCOc1ccc(NC(=O)[C@H](C)NCCN[C@@H](C)C(=O)Nc2ccc(OCCCCCCCC)cc2OCCCCCCCC)c(OCCCCCCCC)c1. The van der Waals surface area contributed by atoms with Crippen molar-refractivity contribution in [3.63, 3.8) is 0 Å². The van der Waals surface area contributed by atoms with Crippen LogP contribution in [0.2, 0.25) is 0 Å². The van der Waals surface area contributed by atoms with Gasteiger partial charge in [0.1, 0.15) is 23.0 Å². The lowest BCUT2D eigenvalue weighted by atomic mass is 10.1. The van der Waals surface area contributed by atoms with Crippen molar-refractivity contribution in [2.45, 2.75) is 208 Å². The number of unbranched alkanes of at least 4 members (excludes halogenated alkanes) is 20. The second kappa shape index (κ2) is 36.9. The molecule has 0 unspecified atom stereocenters. The summed E-state index contributed by atoms with van der Waals surface area (Å²) in [7, 11) is 0. The van der Waals surface area contributed by atoms with Crippen LogP contribution in [-0.4, -0.2) is 63.4 Å². The van der Waals surface area contributed by atoms with Gasteiger partial charge in [0.25, 0.3) is 0 Å². The summed E-state index contributed by atoms with van der Waals surface area (Å²) in [5.74, 6) is 2.46. The molecule has 0 aliphatic heterocycles. The van der Waals surface area contributed by atoms with E-state index in [4.69, 9.17) is 18.9 Å². The fraction of sp³-hybridized carbons (Fsp3) is 0.731. The zero-order chi connectivity index (χ0) is 44.9. The quantitative estimate of drug-likeness (QED) is 0.0488. The van der Waals surface area contributed by atoms with Crippen LogP contribution in [0.15, 0.2) is 36.4 Å². The van der Waals surface area contributed by atoms with Crippen molar-refractivity contribution in [2.75, 3.05) is 50.2 Å². The molecule has 0 aromatic heterocycles. The van der Waals surface area contributed by atoms with E-state index < -0.39 is 12.1 Å². The Morgan fingerprint density at radius 2 is 0.710 bits per heavy atom. The number of ether oxygens (including phenoxy) is 4. The summed E-state index contributed by atoms with van der Waals surface area (Å²) < 4.78 is 24.6. The number of nitrogens with one attached hydrogen (secondary N) is 4. The summed E-state index contributed by atoms with van der Waals surface area (Å²) in [5.41, 5.74) is 1.27. The molecule has 4 N–H and O–H groups in total. The number of carbonyl (C=O) groups is 2. The van der Waals surface area contributed by atoms with Crippen molar-refractivity contribution in [3.05, 3.63) is 36.4 Å². The Labute approximate surface area is 378 Å². The number of hydrogen-bond donors (Lipinski definition) is 4. The van der Waals surface area contributed by atoms with Gasteiger partial charge in [-0.25, -0.2) is 0 Å². The molecule has 0 saturated carbocycles. The van der Waals surface area contributed by atoms with Gasteiger partial charge in [0.05, 0.1) is 49.9 Å². The molecule has 0 bridgehead atoms. The van der Waals surface area contributed by atoms with Gasteiger partial charge in [0, 0.05) is 25.2 Å². The fourth-order valence-electron chi connectivity index (χ4n) is 7.15. The predicted molar refractivity (Wildman–Crippen MR) is 261 cm³/mol. The number of amides is 2. The first kappa shape index (κ1) is 54.6. The first-order valence-electron chi connectivity index (χ1n) is 25.2. The second-order valence-electron chi connectivity index (χ2n) is 17.1. The summed E-state index contributed by atoms with van der Waals surface area (Å²) in [6, 6.07) is 10.4. The molecule has 354 valence electrons. The second-order valence-corrected chi connectivity index (χ2v) is 17.1. The Bertz CT molecular complexity index is 1320. The summed E-state index contributed by atoms with van der Waals surface area (Å²) in [4.78, 5) is 26.7. The largest absolute Gasteiger partial charge is 0.493 e. The molecular weight excluding hydrogens is 777 g/mol. The number of carbonyl (C=O) groups excluding carboxylic acids is 2. The number of anilines is 2. The molecular formula is C52H90N4O6. The zero-order valence-electron chi connectivity index (χ0n) is 40.3. The van der Waals surface area contributed by atoms with Crippen LogP contribution in [0.25, 0.3) is 0 Å². The molecule has 0 spiro atoms. The van der Waals surface area contributed by atoms with Gasteiger partial charge >= 0.3 is 0 Å². The lowest BCUT2D eigenvalue weighted by Crippen LogP contribution is -2.45. The van der Waals surface area contributed by atoms with Gasteiger partial charge in [-0.2, -0.15) is 0 Å². The van der Waals surface area contributed by atoms with E-state index >= 15 is 0 Å². The fourth-order valence-corrected chi connectivity index (χ4v) is 7.15. The van der Waals surface area contributed by atoms with E-state index in [1.807, 2.05) is 50.2 Å². The van der Waals surface area contributed by atoms with Crippen molar-refractivity contribution in [1.82, 2.24) is 10.6 Å². The van der Waals surface area contributed by atoms with Crippen LogP contribution >= 0.6 is 0 Å². The van der Waals surface area contributed by atoms with Crippen LogP contribution in [-0.2, 0) is 9.59 Å². The molecule has 10 nitrogen and oxygen atoms in total. The van der Waals surface area contributed by atoms with E-state index in [-0.39, 0.29) is 11.8 Å².